The second-order valence-electron chi connectivity index (χ2n) is 13.2. The molecule has 9 nitrogen and oxygen atoms in total. The lowest BCUT2D eigenvalue weighted by Gasteiger charge is -2.64. The lowest BCUT2D eigenvalue weighted by molar-refractivity contribution is -0.208. The van der Waals surface area contributed by atoms with Gasteiger partial charge < -0.3 is 23.7 Å². The number of ether oxygens (including phenoxy) is 3. The van der Waals surface area contributed by atoms with E-state index in [0.29, 0.717) is 18.4 Å². The molecule has 1 aliphatic heterocycles. The topological polar surface area (TPSA) is 129 Å². The second-order valence-corrected chi connectivity index (χ2v) is 13.2. The van der Waals surface area contributed by atoms with Gasteiger partial charge in [-0.3, -0.25) is 9.59 Å². The van der Waals surface area contributed by atoms with Gasteiger partial charge in [-0.25, -0.2) is 9.59 Å². The summed E-state index contributed by atoms with van der Waals surface area (Å²) in [6, 6.07) is 1.80. The number of esters is 3. The largest absolute Gasteiger partial charge is 0.472 e. The van der Waals surface area contributed by atoms with Crippen LogP contribution in [-0.2, 0) is 33.4 Å². The average molecular weight is 569 g/mol. The number of hydrogen-bond acceptors (Lipinski definition) is 9. The van der Waals surface area contributed by atoms with Gasteiger partial charge in [0.1, 0.15) is 18.0 Å². The Bertz CT molecular complexity index is 1320. The summed E-state index contributed by atoms with van der Waals surface area (Å²) < 4.78 is 22.2. The Balaban J connectivity index is 1.69. The molecule has 2 heterocycles. The smallest absolute Gasteiger partial charge is 0.335 e. The van der Waals surface area contributed by atoms with E-state index in [1.165, 1.54) is 7.11 Å². The van der Waals surface area contributed by atoms with Gasteiger partial charge in [-0.2, -0.15) is 0 Å². The van der Waals surface area contributed by atoms with Crippen LogP contribution in [0, 0.1) is 39.9 Å². The molecule has 0 amide bonds. The molecule has 1 saturated heterocycles. The van der Waals surface area contributed by atoms with Crippen LogP contribution in [0.15, 0.2) is 46.3 Å². The fourth-order valence-corrected chi connectivity index (χ4v) is 8.68. The molecule has 0 spiro atoms. The Morgan fingerprint density at radius 1 is 1.17 bits per heavy atom. The first kappa shape index (κ1) is 29.3. The molecule has 2 saturated carbocycles. The van der Waals surface area contributed by atoms with E-state index in [4.69, 9.17) is 18.6 Å². The number of carbonyl (C=O) groups excluding carboxylic acids is 4. The molecule has 4 aliphatic rings. The molecule has 222 valence electrons. The number of aliphatic hydroxyl groups is 1. The second kappa shape index (κ2) is 9.96. The number of rotatable bonds is 5. The van der Waals surface area contributed by atoms with Crippen LogP contribution in [0.4, 0.5) is 0 Å². The van der Waals surface area contributed by atoms with Crippen molar-refractivity contribution in [3.05, 3.63) is 47.5 Å². The van der Waals surface area contributed by atoms with Crippen LogP contribution in [0.1, 0.15) is 72.5 Å². The molecule has 41 heavy (non-hydrogen) atoms. The van der Waals surface area contributed by atoms with Crippen molar-refractivity contribution in [2.75, 3.05) is 7.11 Å². The molecule has 2 bridgehead atoms. The molecular weight excluding hydrogens is 528 g/mol. The van der Waals surface area contributed by atoms with E-state index < -0.39 is 58.3 Å². The number of Topliss-reactive ketones (excluding diaryl/α,β-unsaturated/α-hetero) is 1. The van der Waals surface area contributed by atoms with Crippen molar-refractivity contribution in [2.45, 2.75) is 79.1 Å². The first-order valence-electron chi connectivity index (χ1n) is 14.3. The molecule has 9 atom stereocenters. The third-order valence-corrected chi connectivity index (χ3v) is 10.8. The maximum atomic E-state index is 14.5. The highest BCUT2D eigenvalue weighted by Crippen LogP contribution is 2.68. The molecule has 9 heteroatoms. The highest BCUT2D eigenvalue weighted by Gasteiger charge is 2.70. The molecule has 2 unspecified atom stereocenters. The van der Waals surface area contributed by atoms with Crippen molar-refractivity contribution in [3.63, 3.8) is 0 Å². The van der Waals surface area contributed by atoms with Gasteiger partial charge in [-0.05, 0) is 44.6 Å². The maximum absolute atomic E-state index is 14.5. The molecular formula is C32H40O9. The molecule has 0 aromatic carbocycles. The van der Waals surface area contributed by atoms with Gasteiger partial charge in [-0.15, -0.1) is 0 Å². The summed E-state index contributed by atoms with van der Waals surface area (Å²) in [6.45, 7) is 11.0. The first-order chi connectivity index (χ1) is 19.2. The third-order valence-electron chi connectivity index (χ3n) is 10.8. The summed E-state index contributed by atoms with van der Waals surface area (Å²) >= 11 is 0. The Morgan fingerprint density at radius 2 is 1.88 bits per heavy atom. The predicted octanol–water partition coefficient (Wildman–Crippen LogP) is 4.50. The Morgan fingerprint density at radius 3 is 2.49 bits per heavy atom. The number of allylic oxidation sites excluding steroid dienone is 2. The number of hydrogen-bond donors (Lipinski definition) is 1. The minimum absolute atomic E-state index is 0.139. The highest BCUT2D eigenvalue weighted by molar-refractivity contribution is 5.95. The van der Waals surface area contributed by atoms with Crippen molar-refractivity contribution in [1.82, 2.24) is 0 Å². The molecule has 3 fully saturated rings. The van der Waals surface area contributed by atoms with Crippen molar-refractivity contribution in [3.8, 4) is 0 Å². The number of fused-ring (bicyclic) bond motifs is 6. The summed E-state index contributed by atoms with van der Waals surface area (Å²) in [6.07, 6.45) is 4.96. The highest BCUT2D eigenvalue weighted by atomic mass is 16.6. The fraction of sp³-hybridized carbons (Fsp3) is 0.625. The van der Waals surface area contributed by atoms with Crippen LogP contribution in [0.2, 0.25) is 0 Å². The Hall–Kier alpha value is -3.20. The summed E-state index contributed by atoms with van der Waals surface area (Å²) in [5.41, 5.74) is -0.563. The van der Waals surface area contributed by atoms with Gasteiger partial charge >= 0.3 is 17.9 Å². The number of cyclic esters (lactones) is 1. The molecule has 1 N–H and O–H groups in total. The molecule has 3 aliphatic carbocycles. The maximum Gasteiger partial charge on any atom is 0.335 e. The fourth-order valence-electron chi connectivity index (χ4n) is 8.68. The number of aliphatic hydroxyl groups excluding tert-OH is 1. The van der Waals surface area contributed by atoms with E-state index in [1.54, 1.807) is 38.5 Å². The number of furan rings is 1. The summed E-state index contributed by atoms with van der Waals surface area (Å²) in [7, 11) is 1.20. The van der Waals surface area contributed by atoms with Crippen molar-refractivity contribution >= 4 is 23.7 Å². The van der Waals surface area contributed by atoms with Crippen LogP contribution in [-0.4, -0.2) is 48.1 Å². The molecule has 0 radical (unpaired) electrons. The van der Waals surface area contributed by atoms with Crippen LogP contribution in [0.3, 0.4) is 0 Å². The Kier molecular flexibility index (Phi) is 7.12. The van der Waals surface area contributed by atoms with Gasteiger partial charge in [-0.1, -0.05) is 45.4 Å². The van der Waals surface area contributed by atoms with Gasteiger partial charge in [0.15, 0.2) is 6.10 Å². The van der Waals surface area contributed by atoms with Crippen molar-refractivity contribution in [1.29, 1.82) is 0 Å². The molecule has 1 aromatic rings. The summed E-state index contributed by atoms with van der Waals surface area (Å²) in [5.74, 6) is -4.27. The SMILES string of the molecule is C/C=C(\C)C(=O)O[C@@H]1C2C=C3C4CC(=O)O[C@@H](c5ccoc5)[C@]4(C)CC[C@@H]3[C@@](C)(C2=O)[C@@H]([C@@H](O)C(=O)OC)C1(C)C. The quantitative estimate of drug-likeness (QED) is 0.236. The average Bonchev–Trinajstić information content (AvgIpc) is 3.46. The minimum atomic E-state index is -1.63. The number of carbonyl (C=O) groups is 4. The normalized spacial score (nSPS) is 38.5. The van der Waals surface area contributed by atoms with Gasteiger partial charge in [0.2, 0.25) is 0 Å². The monoisotopic (exact) mass is 568 g/mol. The van der Waals surface area contributed by atoms with Crippen LogP contribution in [0.5, 0.6) is 0 Å². The summed E-state index contributed by atoms with van der Waals surface area (Å²) in [5, 5.41) is 11.5. The first-order valence-corrected chi connectivity index (χ1v) is 14.3. The van der Waals surface area contributed by atoms with Gasteiger partial charge in [0, 0.05) is 33.3 Å². The number of methoxy groups -OCH3 is 1. The van der Waals surface area contributed by atoms with E-state index in [0.717, 1.165) is 11.1 Å². The van der Waals surface area contributed by atoms with Crippen LogP contribution < -0.4 is 0 Å². The van der Waals surface area contributed by atoms with Crippen molar-refractivity contribution < 1.29 is 42.9 Å². The zero-order valence-electron chi connectivity index (χ0n) is 24.8. The van der Waals surface area contributed by atoms with Crippen molar-refractivity contribution in [2.24, 2.45) is 39.9 Å². The van der Waals surface area contributed by atoms with Crippen LogP contribution in [0.25, 0.3) is 0 Å². The zero-order chi connectivity index (χ0) is 30.1. The van der Waals surface area contributed by atoms with E-state index in [9.17, 15) is 24.3 Å². The standard InChI is InChI=1S/C32H40O9/c1-8-16(2)28(36)41-27-19-13-18-20(32(6,25(19)35)24(30(27,3)4)23(34)29(37)38-7)9-11-31(5)21(18)14-22(33)40-26(31)17-10-12-39-15-17/h8,10,12-13,15,19-21,23-24,26-27,34H,9,11,14H2,1-7H3/b16-8+/t19?,20-,21?,23+,24-,26-,27+,31+,32+/m0/s1. The van der Waals surface area contributed by atoms with Gasteiger partial charge in [0.25, 0.3) is 0 Å². The zero-order valence-corrected chi connectivity index (χ0v) is 24.8. The summed E-state index contributed by atoms with van der Waals surface area (Å²) in [4.78, 5) is 53.4. The van der Waals surface area contributed by atoms with E-state index >= 15 is 0 Å². The predicted molar refractivity (Wildman–Crippen MR) is 146 cm³/mol. The molecule has 5 rings (SSSR count). The van der Waals surface area contributed by atoms with E-state index in [-0.39, 0.29) is 30.0 Å². The van der Waals surface area contributed by atoms with E-state index in [1.807, 2.05) is 26.8 Å². The Labute approximate surface area is 240 Å². The van der Waals surface area contributed by atoms with E-state index in [2.05, 4.69) is 6.92 Å². The van der Waals surface area contributed by atoms with Crippen LogP contribution >= 0.6 is 0 Å². The lowest BCUT2D eigenvalue weighted by Crippen LogP contribution is -2.69. The number of ketones is 1. The third kappa shape index (κ3) is 4.14. The lowest BCUT2D eigenvalue weighted by atomic mass is 9.40. The minimum Gasteiger partial charge on any atom is -0.472 e. The van der Waals surface area contributed by atoms with Gasteiger partial charge in [0.05, 0.1) is 32.0 Å². The molecule has 1 aromatic heterocycles.